The lowest BCUT2D eigenvalue weighted by Gasteiger charge is -2.08. The smallest absolute Gasteiger partial charge is 0.255 e. The highest BCUT2D eigenvalue weighted by atomic mass is 16.1. The van der Waals surface area contributed by atoms with E-state index in [4.69, 9.17) is 22.9 Å². The number of hydrogen-bond acceptors (Lipinski definition) is 5. The Morgan fingerprint density at radius 2 is 1.16 bits per heavy atom. The van der Waals surface area contributed by atoms with Crippen molar-refractivity contribution >= 4 is 34.3 Å². The predicted octanol–water partition coefficient (Wildman–Crippen LogP) is 1.27. The molecular weight excluding hydrogens is 242 g/mol. The highest BCUT2D eigenvalue weighted by Gasteiger charge is 2.08. The fraction of sp³-hybridized carbons (Fsp3) is 0. The summed E-state index contributed by atoms with van der Waals surface area (Å²) in [6, 6.07) is 9.50. The summed E-state index contributed by atoms with van der Waals surface area (Å²) >= 11 is 0. The first-order valence-electron chi connectivity index (χ1n) is 5.57. The Kier molecular flexibility index (Phi) is 3.15. The molecule has 0 unspecified atom stereocenters. The fourth-order valence-corrected chi connectivity index (χ4v) is 1.76. The fourth-order valence-electron chi connectivity index (χ4n) is 1.76. The minimum atomic E-state index is -0.330. The molecule has 0 aliphatic carbocycles. The van der Waals surface area contributed by atoms with Crippen LogP contribution in [0.4, 0.5) is 28.4 Å². The van der Waals surface area contributed by atoms with E-state index in [1.807, 2.05) is 0 Å². The van der Waals surface area contributed by atoms with Gasteiger partial charge in [-0.05, 0) is 36.4 Å². The molecule has 0 heterocycles. The minimum absolute atomic E-state index is 0.330. The summed E-state index contributed by atoms with van der Waals surface area (Å²) in [5, 5.41) is 2.68. The molecule has 0 aliphatic rings. The summed E-state index contributed by atoms with van der Waals surface area (Å²) in [6.45, 7) is 0. The molecule has 0 atom stereocenters. The second-order valence-electron chi connectivity index (χ2n) is 4.23. The van der Waals surface area contributed by atoms with Crippen molar-refractivity contribution in [3.05, 3.63) is 42.0 Å². The van der Waals surface area contributed by atoms with Gasteiger partial charge in [-0.1, -0.05) is 0 Å². The molecule has 2 aromatic rings. The molecule has 98 valence electrons. The monoisotopic (exact) mass is 257 g/mol. The van der Waals surface area contributed by atoms with Crippen LogP contribution in [-0.2, 0) is 0 Å². The number of nitrogens with one attached hydrogen (secondary N) is 1. The van der Waals surface area contributed by atoms with Crippen LogP contribution in [0.5, 0.6) is 0 Å². The van der Waals surface area contributed by atoms with Crippen molar-refractivity contribution in [2.45, 2.75) is 0 Å². The van der Waals surface area contributed by atoms with Crippen molar-refractivity contribution in [1.29, 1.82) is 0 Å². The van der Waals surface area contributed by atoms with E-state index in [1.165, 1.54) is 0 Å². The summed E-state index contributed by atoms with van der Waals surface area (Å²) in [4.78, 5) is 12.0. The first-order chi connectivity index (χ1) is 8.94. The molecule has 0 fully saturated rings. The Labute approximate surface area is 110 Å². The first-order valence-corrected chi connectivity index (χ1v) is 5.57. The SMILES string of the molecule is Nc1cc(N)cc(NC(=O)c2cc(N)cc(N)c2)c1. The van der Waals surface area contributed by atoms with Gasteiger partial charge < -0.3 is 28.3 Å². The van der Waals surface area contributed by atoms with Gasteiger partial charge in [0.2, 0.25) is 0 Å². The highest BCUT2D eigenvalue weighted by molar-refractivity contribution is 6.05. The molecule has 0 bridgehead atoms. The molecule has 19 heavy (non-hydrogen) atoms. The molecule has 6 heteroatoms. The van der Waals surface area contributed by atoms with Crippen LogP contribution < -0.4 is 28.3 Å². The molecule has 0 saturated carbocycles. The summed E-state index contributed by atoms with van der Waals surface area (Å²) in [6.07, 6.45) is 0. The Balaban J connectivity index is 2.25. The van der Waals surface area contributed by atoms with Crippen molar-refractivity contribution in [1.82, 2.24) is 0 Å². The zero-order chi connectivity index (χ0) is 14.0. The molecule has 0 radical (unpaired) electrons. The van der Waals surface area contributed by atoms with E-state index in [0.29, 0.717) is 34.0 Å². The second-order valence-corrected chi connectivity index (χ2v) is 4.23. The summed E-state index contributed by atoms with van der Waals surface area (Å²) in [5.41, 5.74) is 25.3. The van der Waals surface area contributed by atoms with Crippen molar-refractivity contribution in [2.75, 3.05) is 28.3 Å². The maximum Gasteiger partial charge on any atom is 0.255 e. The van der Waals surface area contributed by atoms with Crippen LogP contribution >= 0.6 is 0 Å². The van der Waals surface area contributed by atoms with Crippen LogP contribution in [0.2, 0.25) is 0 Å². The number of anilines is 5. The van der Waals surface area contributed by atoms with Crippen LogP contribution in [0.1, 0.15) is 10.4 Å². The van der Waals surface area contributed by atoms with E-state index < -0.39 is 0 Å². The average molecular weight is 257 g/mol. The Hall–Kier alpha value is -2.89. The van der Waals surface area contributed by atoms with Crippen molar-refractivity contribution in [3.63, 3.8) is 0 Å². The summed E-state index contributed by atoms with van der Waals surface area (Å²) in [5.74, 6) is -0.330. The summed E-state index contributed by atoms with van der Waals surface area (Å²) in [7, 11) is 0. The van der Waals surface area contributed by atoms with Crippen LogP contribution in [0.15, 0.2) is 36.4 Å². The van der Waals surface area contributed by atoms with E-state index in [0.717, 1.165) is 0 Å². The van der Waals surface area contributed by atoms with E-state index in [1.54, 1.807) is 36.4 Å². The number of amides is 1. The van der Waals surface area contributed by atoms with Crippen LogP contribution in [-0.4, -0.2) is 5.91 Å². The lowest BCUT2D eigenvalue weighted by atomic mass is 10.1. The average Bonchev–Trinajstić information content (AvgIpc) is 2.25. The Morgan fingerprint density at radius 3 is 1.63 bits per heavy atom. The molecule has 0 saturated heterocycles. The van der Waals surface area contributed by atoms with Crippen LogP contribution in [0.25, 0.3) is 0 Å². The maximum atomic E-state index is 12.0. The molecular formula is C13H15N5O. The third kappa shape index (κ3) is 3.06. The molecule has 0 aliphatic heterocycles. The van der Waals surface area contributed by atoms with E-state index >= 15 is 0 Å². The lowest BCUT2D eigenvalue weighted by Crippen LogP contribution is -2.13. The zero-order valence-corrected chi connectivity index (χ0v) is 10.2. The number of rotatable bonds is 2. The van der Waals surface area contributed by atoms with Gasteiger partial charge in [-0.2, -0.15) is 0 Å². The number of hydrogen-bond donors (Lipinski definition) is 5. The number of carbonyl (C=O) groups is 1. The normalized spacial score (nSPS) is 10.1. The Morgan fingerprint density at radius 1 is 0.737 bits per heavy atom. The molecule has 0 aromatic heterocycles. The quantitative estimate of drug-likeness (QED) is 0.516. The zero-order valence-electron chi connectivity index (χ0n) is 10.2. The molecule has 2 aromatic carbocycles. The van der Waals surface area contributed by atoms with Gasteiger partial charge in [0.1, 0.15) is 0 Å². The van der Waals surface area contributed by atoms with E-state index in [2.05, 4.69) is 5.32 Å². The van der Waals surface area contributed by atoms with Crippen LogP contribution in [0.3, 0.4) is 0 Å². The minimum Gasteiger partial charge on any atom is -0.399 e. The van der Waals surface area contributed by atoms with Crippen LogP contribution in [0, 0.1) is 0 Å². The van der Waals surface area contributed by atoms with Gasteiger partial charge in [0.25, 0.3) is 5.91 Å². The van der Waals surface area contributed by atoms with Crippen molar-refractivity contribution < 1.29 is 4.79 Å². The Bertz CT molecular complexity index is 598. The van der Waals surface area contributed by atoms with Gasteiger partial charge in [-0.15, -0.1) is 0 Å². The predicted molar refractivity (Wildman–Crippen MR) is 78.5 cm³/mol. The van der Waals surface area contributed by atoms with E-state index in [-0.39, 0.29) is 5.91 Å². The number of carbonyl (C=O) groups excluding carboxylic acids is 1. The maximum absolute atomic E-state index is 12.0. The number of benzene rings is 2. The standard InChI is InChI=1S/C13H15N5O/c14-8-1-7(2-9(15)3-8)13(19)18-12-5-10(16)4-11(17)6-12/h1-6H,14-17H2,(H,18,19). The van der Waals surface area contributed by atoms with Gasteiger partial charge in [-0.25, -0.2) is 0 Å². The lowest BCUT2D eigenvalue weighted by molar-refractivity contribution is 0.102. The topological polar surface area (TPSA) is 133 Å². The van der Waals surface area contributed by atoms with Gasteiger partial charge >= 0.3 is 0 Å². The molecule has 1 amide bonds. The largest absolute Gasteiger partial charge is 0.399 e. The molecule has 6 nitrogen and oxygen atoms in total. The van der Waals surface area contributed by atoms with Crippen molar-refractivity contribution in [3.8, 4) is 0 Å². The van der Waals surface area contributed by atoms with Gasteiger partial charge in [-0.3, -0.25) is 4.79 Å². The first kappa shape index (κ1) is 12.6. The van der Waals surface area contributed by atoms with Gasteiger partial charge in [0.05, 0.1) is 0 Å². The molecule has 2 rings (SSSR count). The number of nitrogens with two attached hydrogens (primary N) is 4. The third-order valence-corrected chi connectivity index (χ3v) is 2.48. The van der Waals surface area contributed by atoms with Gasteiger partial charge in [0, 0.05) is 34.0 Å². The molecule has 9 N–H and O–H groups in total. The molecule has 0 spiro atoms. The summed E-state index contributed by atoms with van der Waals surface area (Å²) < 4.78 is 0. The highest BCUT2D eigenvalue weighted by Crippen LogP contribution is 2.20. The van der Waals surface area contributed by atoms with Crippen molar-refractivity contribution in [2.24, 2.45) is 0 Å². The number of nitrogen functional groups attached to an aromatic ring is 4. The second kappa shape index (κ2) is 4.77. The van der Waals surface area contributed by atoms with Gasteiger partial charge in [0.15, 0.2) is 0 Å². The van der Waals surface area contributed by atoms with E-state index in [9.17, 15) is 4.79 Å². The third-order valence-electron chi connectivity index (χ3n) is 2.48.